The minimum atomic E-state index is -1.18. The number of nitrogens with one attached hydrogen (secondary N) is 2. The summed E-state index contributed by atoms with van der Waals surface area (Å²) in [6.45, 7) is 3.47. The van der Waals surface area contributed by atoms with Gasteiger partial charge in [-0.2, -0.15) is 0 Å². The van der Waals surface area contributed by atoms with Gasteiger partial charge < -0.3 is 26.2 Å². The first-order chi connectivity index (χ1) is 9.95. The number of carboxylic acid groups (broad SMARTS) is 1. The van der Waals surface area contributed by atoms with Crippen molar-refractivity contribution in [1.29, 1.82) is 0 Å². The number of hydrogen-bond acceptors (Lipinski definition) is 5. The molecule has 0 aromatic carbocycles. The highest BCUT2D eigenvalue weighted by molar-refractivity contribution is 5.86. The van der Waals surface area contributed by atoms with Crippen LogP contribution in [0.2, 0.25) is 0 Å². The van der Waals surface area contributed by atoms with Crippen molar-refractivity contribution in [1.82, 2.24) is 10.6 Å². The van der Waals surface area contributed by atoms with E-state index in [1.165, 1.54) is 0 Å². The zero-order valence-electron chi connectivity index (χ0n) is 12.1. The predicted molar refractivity (Wildman–Crippen MR) is 74.4 cm³/mol. The van der Waals surface area contributed by atoms with Crippen LogP contribution in [0.15, 0.2) is 0 Å². The molecular weight excluding hydrogens is 278 g/mol. The summed E-state index contributed by atoms with van der Waals surface area (Å²) in [5.74, 6) is -2.58. The molecule has 1 fully saturated rings. The monoisotopic (exact) mass is 301 g/mol. The molecule has 1 rings (SSSR count). The third kappa shape index (κ3) is 5.68. The summed E-state index contributed by atoms with van der Waals surface area (Å²) in [5, 5.41) is 14.7. The fraction of sp³-hybridized carbons (Fsp3) is 0.769. The van der Waals surface area contributed by atoms with Crippen molar-refractivity contribution in [3.8, 4) is 0 Å². The first kappa shape index (κ1) is 17.4. The summed E-state index contributed by atoms with van der Waals surface area (Å²) in [5.41, 5.74) is 5.00. The third-order valence-electron chi connectivity index (χ3n) is 3.37. The molecule has 0 aliphatic carbocycles. The number of nitrogens with two attached hydrogens (primary N) is 1. The largest absolute Gasteiger partial charge is 0.480 e. The van der Waals surface area contributed by atoms with E-state index < -0.39 is 23.8 Å². The third-order valence-corrected chi connectivity index (χ3v) is 3.37. The maximum absolute atomic E-state index is 12.2. The second kappa shape index (κ2) is 8.58. The number of carboxylic acids is 1. The topological polar surface area (TPSA) is 131 Å². The van der Waals surface area contributed by atoms with Crippen molar-refractivity contribution in [3.63, 3.8) is 0 Å². The predicted octanol–water partition coefficient (Wildman–Crippen LogP) is -1.16. The van der Waals surface area contributed by atoms with Crippen molar-refractivity contribution in [2.75, 3.05) is 19.8 Å². The number of ether oxygens (including phenoxy) is 1. The van der Waals surface area contributed by atoms with Crippen molar-refractivity contribution < 1.29 is 24.2 Å². The van der Waals surface area contributed by atoms with Gasteiger partial charge in [-0.25, -0.2) is 4.79 Å². The summed E-state index contributed by atoms with van der Waals surface area (Å²) in [6, 6.07) is -1.23. The Hall–Kier alpha value is -1.67. The van der Waals surface area contributed by atoms with Gasteiger partial charge >= 0.3 is 5.97 Å². The highest BCUT2D eigenvalue weighted by Gasteiger charge is 2.35. The molecule has 0 radical (unpaired) electrons. The molecule has 0 aromatic heterocycles. The lowest BCUT2D eigenvalue weighted by atomic mass is 10.0. The van der Waals surface area contributed by atoms with Crippen LogP contribution in [0.4, 0.5) is 0 Å². The van der Waals surface area contributed by atoms with Crippen molar-refractivity contribution in [3.05, 3.63) is 0 Å². The van der Waals surface area contributed by atoms with E-state index in [1.807, 2.05) is 6.92 Å². The Kier molecular flexibility index (Phi) is 7.10. The molecule has 8 nitrogen and oxygen atoms in total. The summed E-state index contributed by atoms with van der Waals surface area (Å²) in [7, 11) is 0. The molecule has 3 atom stereocenters. The molecule has 0 bridgehead atoms. The number of carbonyl (C=O) groups excluding carboxylic acids is 2. The Balaban J connectivity index is 2.55. The Bertz CT molecular complexity index is 388. The van der Waals surface area contributed by atoms with Gasteiger partial charge in [0.25, 0.3) is 0 Å². The van der Waals surface area contributed by atoms with Gasteiger partial charge in [-0.3, -0.25) is 9.59 Å². The van der Waals surface area contributed by atoms with E-state index in [4.69, 9.17) is 15.6 Å². The van der Waals surface area contributed by atoms with E-state index in [2.05, 4.69) is 10.6 Å². The molecule has 8 heteroatoms. The Morgan fingerprint density at radius 2 is 2.10 bits per heavy atom. The maximum Gasteiger partial charge on any atom is 0.326 e. The lowest BCUT2D eigenvalue weighted by Gasteiger charge is -2.21. The summed E-state index contributed by atoms with van der Waals surface area (Å²) < 4.78 is 5.28. The Labute approximate surface area is 123 Å². The smallest absolute Gasteiger partial charge is 0.326 e. The fourth-order valence-electron chi connectivity index (χ4n) is 2.17. The molecule has 0 aromatic rings. The highest BCUT2D eigenvalue weighted by atomic mass is 16.5. The van der Waals surface area contributed by atoms with Crippen LogP contribution < -0.4 is 16.4 Å². The molecule has 1 aliphatic heterocycles. The molecule has 1 saturated heterocycles. The van der Waals surface area contributed by atoms with E-state index in [-0.39, 0.29) is 31.4 Å². The maximum atomic E-state index is 12.2. The van der Waals surface area contributed by atoms with Crippen LogP contribution in [0.1, 0.15) is 26.2 Å². The zero-order valence-corrected chi connectivity index (χ0v) is 12.1. The molecule has 1 aliphatic rings. The van der Waals surface area contributed by atoms with Gasteiger partial charge in [-0.05, 0) is 19.4 Å². The standard InChI is InChI=1S/C13H23N3O5/c1-2-5-15-10-7-21-6-8(10)12(18)16-9(13(19)20)3-4-11(14)17/h8-10,15H,2-7H2,1H3,(H2,14,17)(H,16,18)(H,19,20)/t8?,9-,10?/m0/s1. The normalized spacial score (nSPS) is 22.7. The van der Waals surface area contributed by atoms with Crippen LogP contribution in [0.25, 0.3) is 0 Å². The molecule has 0 saturated carbocycles. The Morgan fingerprint density at radius 1 is 1.38 bits per heavy atom. The van der Waals surface area contributed by atoms with Crippen LogP contribution in [-0.2, 0) is 19.1 Å². The molecule has 120 valence electrons. The molecular formula is C13H23N3O5. The molecule has 5 N–H and O–H groups in total. The number of amides is 2. The van der Waals surface area contributed by atoms with E-state index in [1.54, 1.807) is 0 Å². The molecule has 2 unspecified atom stereocenters. The molecule has 21 heavy (non-hydrogen) atoms. The van der Waals surface area contributed by atoms with Gasteiger partial charge in [0.1, 0.15) is 6.04 Å². The van der Waals surface area contributed by atoms with Gasteiger partial charge in [-0.1, -0.05) is 6.92 Å². The lowest BCUT2D eigenvalue weighted by Crippen LogP contribution is -2.49. The Morgan fingerprint density at radius 3 is 2.67 bits per heavy atom. The number of hydrogen-bond donors (Lipinski definition) is 4. The second-order valence-electron chi connectivity index (χ2n) is 5.11. The first-order valence-corrected chi connectivity index (χ1v) is 7.08. The van der Waals surface area contributed by atoms with Crippen molar-refractivity contribution >= 4 is 17.8 Å². The summed E-state index contributed by atoms with van der Waals surface area (Å²) >= 11 is 0. The molecule has 0 spiro atoms. The van der Waals surface area contributed by atoms with E-state index in [0.717, 1.165) is 13.0 Å². The zero-order chi connectivity index (χ0) is 15.8. The fourth-order valence-corrected chi connectivity index (χ4v) is 2.17. The quantitative estimate of drug-likeness (QED) is 0.425. The number of primary amides is 1. The van der Waals surface area contributed by atoms with E-state index in [0.29, 0.717) is 6.61 Å². The van der Waals surface area contributed by atoms with Gasteiger partial charge in [0.05, 0.1) is 19.1 Å². The highest BCUT2D eigenvalue weighted by Crippen LogP contribution is 2.14. The van der Waals surface area contributed by atoms with Crippen LogP contribution in [-0.4, -0.2) is 54.7 Å². The minimum Gasteiger partial charge on any atom is -0.480 e. The average Bonchev–Trinajstić information content (AvgIpc) is 2.88. The minimum absolute atomic E-state index is 0.0168. The first-order valence-electron chi connectivity index (χ1n) is 7.08. The van der Waals surface area contributed by atoms with Crippen LogP contribution in [0, 0.1) is 5.92 Å². The van der Waals surface area contributed by atoms with Crippen LogP contribution in [0.3, 0.4) is 0 Å². The summed E-state index contributed by atoms with van der Waals surface area (Å²) in [6.07, 6.45) is 0.828. The van der Waals surface area contributed by atoms with Gasteiger partial charge in [-0.15, -0.1) is 0 Å². The lowest BCUT2D eigenvalue weighted by molar-refractivity contribution is -0.143. The van der Waals surface area contributed by atoms with Crippen LogP contribution >= 0.6 is 0 Å². The van der Waals surface area contributed by atoms with Crippen molar-refractivity contribution in [2.24, 2.45) is 11.7 Å². The second-order valence-corrected chi connectivity index (χ2v) is 5.11. The van der Waals surface area contributed by atoms with Crippen molar-refractivity contribution in [2.45, 2.75) is 38.3 Å². The molecule has 2 amide bonds. The van der Waals surface area contributed by atoms with Gasteiger partial charge in [0.2, 0.25) is 11.8 Å². The number of carbonyl (C=O) groups is 3. The van der Waals surface area contributed by atoms with Crippen LogP contribution in [0.5, 0.6) is 0 Å². The molecule has 1 heterocycles. The van der Waals surface area contributed by atoms with E-state index in [9.17, 15) is 14.4 Å². The number of aliphatic carboxylic acids is 1. The average molecular weight is 301 g/mol. The SMILES string of the molecule is CCCNC1COCC1C(=O)N[C@@H](CCC(N)=O)C(=O)O. The van der Waals surface area contributed by atoms with Gasteiger partial charge in [0, 0.05) is 12.5 Å². The summed E-state index contributed by atoms with van der Waals surface area (Å²) in [4.78, 5) is 34.0. The number of rotatable bonds is 9. The van der Waals surface area contributed by atoms with Gasteiger partial charge in [0.15, 0.2) is 0 Å². The van der Waals surface area contributed by atoms with E-state index >= 15 is 0 Å².